The van der Waals surface area contributed by atoms with E-state index >= 15 is 0 Å². The van der Waals surface area contributed by atoms with Gasteiger partial charge in [0.05, 0.1) is 5.92 Å². The van der Waals surface area contributed by atoms with Crippen LogP contribution >= 0.6 is 0 Å². The number of carboxylic acid groups (broad SMARTS) is 1. The second-order valence-corrected chi connectivity index (χ2v) is 5.89. The first-order valence-corrected chi connectivity index (χ1v) is 6.08. The molecule has 16 heavy (non-hydrogen) atoms. The molecule has 0 radical (unpaired) electrons. The van der Waals surface area contributed by atoms with Gasteiger partial charge < -0.3 is 5.11 Å². The molecule has 2 aliphatic rings. The lowest BCUT2D eigenvalue weighted by Gasteiger charge is -2.36. The predicted molar refractivity (Wildman–Crippen MR) is 62.4 cm³/mol. The normalized spacial score (nSPS) is 32.3. The topological polar surface area (TPSA) is 43.8 Å². The van der Waals surface area contributed by atoms with Gasteiger partial charge in [0, 0.05) is 31.2 Å². The van der Waals surface area contributed by atoms with Crippen molar-refractivity contribution >= 4 is 5.97 Å². The molecule has 0 aromatic rings. The van der Waals surface area contributed by atoms with Crippen LogP contribution in [-0.2, 0) is 4.79 Å². The highest BCUT2D eigenvalue weighted by Crippen LogP contribution is 2.32. The lowest BCUT2D eigenvalue weighted by atomic mass is 10.0. The summed E-state index contributed by atoms with van der Waals surface area (Å²) >= 11 is 0. The minimum Gasteiger partial charge on any atom is -0.481 e. The molecular formula is C12H22N2O2. The van der Waals surface area contributed by atoms with Crippen LogP contribution in [0.3, 0.4) is 0 Å². The molecule has 2 rings (SSSR count). The first-order valence-electron chi connectivity index (χ1n) is 6.08. The average Bonchev–Trinajstić information content (AvgIpc) is 2.96. The molecule has 0 aromatic heterocycles. The van der Waals surface area contributed by atoms with E-state index in [0.29, 0.717) is 19.1 Å². The fourth-order valence-corrected chi connectivity index (χ4v) is 2.47. The number of nitrogens with zero attached hydrogens (tertiary/aromatic N) is 2. The van der Waals surface area contributed by atoms with Crippen molar-refractivity contribution in [3.63, 3.8) is 0 Å². The largest absolute Gasteiger partial charge is 0.481 e. The molecule has 92 valence electrons. The van der Waals surface area contributed by atoms with Gasteiger partial charge in [-0.15, -0.1) is 0 Å². The number of likely N-dealkylation sites (N-methyl/N-ethyl adjacent to an activating group) is 1. The lowest BCUT2D eigenvalue weighted by molar-refractivity contribution is -0.142. The number of hydrogen-bond acceptors (Lipinski definition) is 3. The molecule has 1 saturated heterocycles. The van der Waals surface area contributed by atoms with Crippen LogP contribution in [0.5, 0.6) is 0 Å². The monoisotopic (exact) mass is 226 g/mol. The van der Waals surface area contributed by atoms with Crippen molar-refractivity contribution < 1.29 is 9.90 Å². The zero-order chi connectivity index (χ0) is 11.9. The molecule has 0 spiro atoms. The maximum absolute atomic E-state index is 11.2. The van der Waals surface area contributed by atoms with Crippen LogP contribution in [-0.4, -0.2) is 59.1 Å². The second kappa shape index (κ2) is 4.00. The van der Waals surface area contributed by atoms with Gasteiger partial charge in [0.2, 0.25) is 0 Å². The molecule has 1 unspecified atom stereocenters. The Bertz CT molecular complexity index is 287. The Morgan fingerprint density at radius 3 is 2.44 bits per heavy atom. The van der Waals surface area contributed by atoms with E-state index in [1.807, 2.05) is 7.05 Å². The maximum atomic E-state index is 11.2. The summed E-state index contributed by atoms with van der Waals surface area (Å²) in [5.74, 6) is -0.900. The van der Waals surface area contributed by atoms with E-state index in [2.05, 4.69) is 23.6 Å². The van der Waals surface area contributed by atoms with Crippen LogP contribution in [0.4, 0.5) is 0 Å². The summed E-state index contributed by atoms with van der Waals surface area (Å²) in [6, 6.07) is 0.646. The summed E-state index contributed by atoms with van der Waals surface area (Å²) in [7, 11) is 2.03. The van der Waals surface area contributed by atoms with Gasteiger partial charge in [-0.1, -0.05) is 0 Å². The summed E-state index contributed by atoms with van der Waals surface area (Å²) in [6.45, 7) is 6.76. The fourth-order valence-electron chi connectivity index (χ4n) is 2.47. The van der Waals surface area contributed by atoms with Crippen molar-refractivity contribution in [3.8, 4) is 0 Å². The summed E-state index contributed by atoms with van der Waals surface area (Å²) in [5.41, 5.74) is 0.0762. The zero-order valence-corrected chi connectivity index (χ0v) is 10.4. The fraction of sp³-hybridized carbons (Fsp3) is 0.917. The zero-order valence-electron chi connectivity index (χ0n) is 10.4. The summed E-state index contributed by atoms with van der Waals surface area (Å²) in [5, 5.41) is 9.22. The van der Waals surface area contributed by atoms with Gasteiger partial charge >= 0.3 is 5.97 Å². The van der Waals surface area contributed by atoms with Crippen molar-refractivity contribution in [1.82, 2.24) is 9.80 Å². The van der Waals surface area contributed by atoms with Crippen LogP contribution < -0.4 is 0 Å². The third-order valence-electron chi connectivity index (χ3n) is 3.99. The molecule has 1 aliphatic carbocycles. The van der Waals surface area contributed by atoms with Crippen LogP contribution in [0, 0.1) is 5.92 Å². The van der Waals surface area contributed by atoms with Gasteiger partial charge in [0.1, 0.15) is 0 Å². The third-order valence-corrected chi connectivity index (χ3v) is 3.99. The first-order chi connectivity index (χ1) is 7.40. The summed E-state index contributed by atoms with van der Waals surface area (Å²) in [4.78, 5) is 15.8. The second-order valence-electron chi connectivity index (χ2n) is 5.89. The number of carbonyl (C=O) groups is 1. The number of carboxylic acids is 1. The highest BCUT2D eigenvalue weighted by atomic mass is 16.4. The van der Waals surface area contributed by atoms with Crippen LogP contribution in [0.1, 0.15) is 26.7 Å². The van der Waals surface area contributed by atoms with E-state index in [9.17, 15) is 9.90 Å². The Hall–Kier alpha value is -0.610. The Labute approximate surface area is 97.2 Å². The standard InChI is InChI=1S/C12H22N2O2/c1-12(2)8-14(10-4-5-10)7-9(11(15)16)6-13(12)3/h9-10H,4-8H2,1-3H3,(H,15,16). The van der Waals surface area contributed by atoms with Gasteiger partial charge in [-0.05, 0) is 33.7 Å². The molecule has 1 atom stereocenters. The molecule has 1 aliphatic heterocycles. The molecule has 1 saturated carbocycles. The van der Waals surface area contributed by atoms with Gasteiger partial charge in [-0.2, -0.15) is 0 Å². The predicted octanol–water partition coefficient (Wildman–Crippen LogP) is 0.876. The number of hydrogen-bond donors (Lipinski definition) is 1. The Morgan fingerprint density at radius 2 is 1.94 bits per heavy atom. The highest BCUT2D eigenvalue weighted by molar-refractivity contribution is 5.70. The van der Waals surface area contributed by atoms with E-state index in [1.54, 1.807) is 0 Å². The van der Waals surface area contributed by atoms with Gasteiger partial charge in [0.15, 0.2) is 0 Å². The molecular weight excluding hydrogens is 204 g/mol. The molecule has 0 amide bonds. The Morgan fingerprint density at radius 1 is 1.31 bits per heavy atom. The molecule has 4 heteroatoms. The minimum absolute atomic E-state index is 0.0762. The highest BCUT2D eigenvalue weighted by Gasteiger charge is 2.40. The van der Waals surface area contributed by atoms with Crippen molar-refractivity contribution in [2.24, 2.45) is 5.92 Å². The molecule has 0 bridgehead atoms. The first kappa shape index (κ1) is 11.9. The number of aliphatic carboxylic acids is 1. The van der Waals surface area contributed by atoms with Crippen molar-refractivity contribution in [2.45, 2.75) is 38.3 Å². The molecule has 4 nitrogen and oxygen atoms in total. The molecule has 0 aromatic carbocycles. The van der Waals surface area contributed by atoms with E-state index in [0.717, 1.165) is 6.54 Å². The Balaban J connectivity index is 2.14. The smallest absolute Gasteiger partial charge is 0.309 e. The maximum Gasteiger partial charge on any atom is 0.309 e. The SMILES string of the molecule is CN1CC(C(=O)O)CN(C2CC2)CC1(C)C. The van der Waals surface area contributed by atoms with Crippen molar-refractivity contribution in [1.29, 1.82) is 0 Å². The van der Waals surface area contributed by atoms with Gasteiger partial charge in [0.25, 0.3) is 0 Å². The quantitative estimate of drug-likeness (QED) is 0.759. The van der Waals surface area contributed by atoms with Gasteiger partial charge in [-0.3, -0.25) is 14.6 Å². The Kier molecular flexibility index (Phi) is 2.97. The van der Waals surface area contributed by atoms with Crippen molar-refractivity contribution in [3.05, 3.63) is 0 Å². The minimum atomic E-state index is -0.657. The summed E-state index contributed by atoms with van der Waals surface area (Å²) in [6.07, 6.45) is 2.48. The lowest BCUT2D eigenvalue weighted by Crippen LogP contribution is -2.48. The van der Waals surface area contributed by atoms with E-state index < -0.39 is 5.97 Å². The van der Waals surface area contributed by atoms with Crippen molar-refractivity contribution in [2.75, 3.05) is 26.7 Å². The third kappa shape index (κ3) is 2.38. The van der Waals surface area contributed by atoms with Gasteiger partial charge in [-0.25, -0.2) is 0 Å². The number of rotatable bonds is 2. The molecule has 1 heterocycles. The molecule has 2 fully saturated rings. The van der Waals surface area contributed by atoms with Crippen LogP contribution in [0.2, 0.25) is 0 Å². The van der Waals surface area contributed by atoms with E-state index in [4.69, 9.17) is 0 Å². The van der Waals surface area contributed by atoms with Crippen LogP contribution in [0.15, 0.2) is 0 Å². The van der Waals surface area contributed by atoms with E-state index in [-0.39, 0.29) is 11.5 Å². The summed E-state index contributed by atoms with van der Waals surface area (Å²) < 4.78 is 0. The average molecular weight is 226 g/mol. The van der Waals surface area contributed by atoms with E-state index in [1.165, 1.54) is 12.8 Å². The molecule has 1 N–H and O–H groups in total. The van der Waals surface area contributed by atoms with Crippen LogP contribution in [0.25, 0.3) is 0 Å².